The van der Waals surface area contributed by atoms with Gasteiger partial charge in [0.2, 0.25) is 0 Å². The smallest absolute Gasteiger partial charge is 0.270 e. The second-order valence-corrected chi connectivity index (χ2v) is 7.04. The minimum absolute atomic E-state index is 0.166. The van der Waals surface area contributed by atoms with Gasteiger partial charge in [0.1, 0.15) is 11.5 Å². The first-order chi connectivity index (χ1) is 12.0. The largest absolute Gasteiger partial charge is 0.370 e. The topological polar surface area (TPSA) is 66.9 Å². The highest BCUT2D eigenvalue weighted by Crippen LogP contribution is 2.18. The summed E-state index contributed by atoms with van der Waals surface area (Å²) in [6, 6.07) is 11.4. The van der Waals surface area contributed by atoms with Gasteiger partial charge in [-0.2, -0.15) is 0 Å². The zero-order chi connectivity index (χ0) is 18.2. The van der Waals surface area contributed by atoms with Crippen molar-refractivity contribution in [1.29, 1.82) is 0 Å². The summed E-state index contributed by atoms with van der Waals surface area (Å²) in [6.45, 7) is 9.93. The standard InChI is InChI=1S/C20H28N4O/c1-14(2)10-11-21-18-12-17(20(25)22-13-15(3)4)23-19(24-18)16-8-6-5-7-9-16/h5-9,12,14-15H,10-11,13H2,1-4H3,(H,22,25)(H,21,23,24). The van der Waals surface area contributed by atoms with Crippen LogP contribution in [0.4, 0.5) is 5.82 Å². The quantitative estimate of drug-likeness (QED) is 0.762. The zero-order valence-corrected chi connectivity index (χ0v) is 15.5. The summed E-state index contributed by atoms with van der Waals surface area (Å²) < 4.78 is 0. The minimum Gasteiger partial charge on any atom is -0.370 e. The number of benzene rings is 1. The molecule has 5 heteroatoms. The first-order valence-corrected chi connectivity index (χ1v) is 8.92. The maximum atomic E-state index is 12.4. The third kappa shape index (κ3) is 6.18. The molecule has 0 saturated carbocycles. The molecule has 25 heavy (non-hydrogen) atoms. The Morgan fingerprint density at radius 3 is 2.40 bits per heavy atom. The normalized spacial score (nSPS) is 11.0. The van der Waals surface area contributed by atoms with Crippen LogP contribution in [0.5, 0.6) is 0 Å². The van der Waals surface area contributed by atoms with Crippen molar-refractivity contribution >= 4 is 11.7 Å². The Bertz CT molecular complexity index is 683. The van der Waals surface area contributed by atoms with Gasteiger partial charge in [0, 0.05) is 24.7 Å². The number of nitrogens with zero attached hydrogens (tertiary/aromatic N) is 2. The lowest BCUT2D eigenvalue weighted by Gasteiger charge is -2.12. The molecule has 0 bridgehead atoms. The van der Waals surface area contributed by atoms with Crippen molar-refractivity contribution in [2.45, 2.75) is 34.1 Å². The Morgan fingerprint density at radius 2 is 1.76 bits per heavy atom. The van der Waals surface area contributed by atoms with Gasteiger partial charge in [-0.1, -0.05) is 58.0 Å². The van der Waals surface area contributed by atoms with Gasteiger partial charge in [0.05, 0.1) is 0 Å². The molecule has 1 heterocycles. The number of rotatable bonds is 8. The van der Waals surface area contributed by atoms with E-state index in [-0.39, 0.29) is 5.91 Å². The summed E-state index contributed by atoms with van der Waals surface area (Å²) in [4.78, 5) is 21.5. The molecule has 5 nitrogen and oxygen atoms in total. The average molecular weight is 340 g/mol. The molecule has 2 N–H and O–H groups in total. The summed E-state index contributed by atoms with van der Waals surface area (Å²) in [7, 11) is 0. The van der Waals surface area contributed by atoms with E-state index in [1.165, 1.54) is 0 Å². The Kier molecular flexibility index (Phi) is 6.92. The molecule has 1 aromatic carbocycles. The van der Waals surface area contributed by atoms with Crippen LogP contribution in [0.3, 0.4) is 0 Å². The molecule has 1 aromatic heterocycles. The van der Waals surface area contributed by atoms with Crippen LogP contribution in [-0.2, 0) is 0 Å². The molecule has 0 unspecified atom stereocenters. The molecule has 0 atom stereocenters. The molecule has 2 rings (SSSR count). The molecule has 0 fully saturated rings. The fraction of sp³-hybridized carbons (Fsp3) is 0.450. The van der Waals surface area contributed by atoms with E-state index >= 15 is 0 Å². The monoisotopic (exact) mass is 340 g/mol. The lowest BCUT2D eigenvalue weighted by Crippen LogP contribution is -2.28. The summed E-state index contributed by atoms with van der Waals surface area (Å²) >= 11 is 0. The number of aromatic nitrogens is 2. The number of hydrogen-bond donors (Lipinski definition) is 2. The number of hydrogen-bond acceptors (Lipinski definition) is 4. The minimum atomic E-state index is -0.166. The van der Waals surface area contributed by atoms with Crippen LogP contribution in [0.2, 0.25) is 0 Å². The third-order valence-electron chi connectivity index (χ3n) is 3.69. The lowest BCUT2D eigenvalue weighted by molar-refractivity contribution is 0.0944. The van der Waals surface area contributed by atoms with E-state index < -0.39 is 0 Å². The fourth-order valence-corrected chi connectivity index (χ4v) is 2.25. The second kappa shape index (κ2) is 9.16. The van der Waals surface area contributed by atoms with Crippen LogP contribution in [-0.4, -0.2) is 29.0 Å². The summed E-state index contributed by atoms with van der Waals surface area (Å²) in [5, 5.41) is 6.24. The maximum Gasteiger partial charge on any atom is 0.270 e. The van der Waals surface area contributed by atoms with Gasteiger partial charge in [-0.15, -0.1) is 0 Å². The van der Waals surface area contributed by atoms with Crippen molar-refractivity contribution < 1.29 is 4.79 Å². The highest BCUT2D eigenvalue weighted by molar-refractivity contribution is 5.93. The van der Waals surface area contributed by atoms with Gasteiger partial charge in [-0.25, -0.2) is 9.97 Å². The van der Waals surface area contributed by atoms with Crippen LogP contribution in [0.1, 0.15) is 44.6 Å². The number of anilines is 1. The van der Waals surface area contributed by atoms with Gasteiger partial charge in [0.15, 0.2) is 5.82 Å². The number of nitrogens with one attached hydrogen (secondary N) is 2. The lowest BCUT2D eigenvalue weighted by atomic mass is 10.1. The Balaban J connectivity index is 2.26. The van der Waals surface area contributed by atoms with Crippen molar-refractivity contribution in [3.05, 3.63) is 42.1 Å². The Morgan fingerprint density at radius 1 is 1.04 bits per heavy atom. The Labute approximate surface area is 150 Å². The van der Waals surface area contributed by atoms with Crippen molar-refractivity contribution in [3.8, 4) is 11.4 Å². The molecular formula is C20H28N4O. The van der Waals surface area contributed by atoms with Crippen molar-refractivity contribution in [3.63, 3.8) is 0 Å². The molecule has 0 aliphatic rings. The Hall–Kier alpha value is -2.43. The van der Waals surface area contributed by atoms with Gasteiger partial charge in [-0.05, 0) is 18.3 Å². The van der Waals surface area contributed by atoms with Crippen LogP contribution in [0.15, 0.2) is 36.4 Å². The predicted molar refractivity (Wildman–Crippen MR) is 103 cm³/mol. The second-order valence-electron chi connectivity index (χ2n) is 7.04. The van der Waals surface area contributed by atoms with Crippen molar-refractivity contribution in [2.24, 2.45) is 11.8 Å². The number of carbonyl (C=O) groups is 1. The molecule has 0 aliphatic heterocycles. The van der Waals surface area contributed by atoms with Crippen LogP contribution in [0, 0.1) is 11.8 Å². The SMILES string of the molecule is CC(C)CCNc1cc(C(=O)NCC(C)C)nc(-c2ccccc2)n1. The first kappa shape index (κ1) is 18.9. The van der Waals surface area contributed by atoms with Gasteiger partial charge in [0.25, 0.3) is 5.91 Å². The van der Waals surface area contributed by atoms with Crippen molar-refractivity contribution in [1.82, 2.24) is 15.3 Å². The van der Waals surface area contributed by atoms with E-state index in [1.807, 2.05) is 30.3 Å². The van der Waals surface area contributed by atoms with E-state index in [1.54, 1.807) is 6.07 Å². The van der Waals surface area contributed by atoms with E-state index in [0.717, 1.165) is 18.5 Å². The average Bonchev–Trinajstić information content (AvgIpc) is 2.60. The summed E-state index contributed by atoms with van der Waals surface area (Å²) in [5.41, 5.74) is 1.29. The highest BCUT2D eigenvalue weighted by Gasteiger charge is 2.13. The van der Waals surface area contributed by atoms with Crippen LogP contribution >= 0.6 is 0 Å². The molecule has 0 aliphatic carbocycles. The molecule has 0 saturated heterocycles. The fourth-order valence-electron chi connectivity index (χ4n) is 2.25. The van der Waals surface area contributed by atoms with Gasteiger partial charge in [-0.3, -0.25) is 4.79 Å². The molecule has 0 spiro atoms. The summed E-state index contributed by atoms with van der Waals surface area (Å²) in [6.07, 6.45) is 1.04. The van der Waals surface area contributed by atoms with E-state index in [0.29, 0.717) is 35.7 Å². The van der Waals surface area contributed by atoms with Gasteiger partial charge >= 0.3 is 0 Å². The molecule has 2 aromatic rings. The van der Waals surface area contributed by atoms with Crippen LogP contribution in [0.25, 0.3) is 11.4 Å². The van der Waals surface area contributed by atoms with Crippen molar-refractivity contribution in [2.75, 3.05) is 18.4 Å². The first-order valence-electron chi connectivity index (χ1n) is 8.92. The van der Waals surface area contributed by atoms with E-state index in [4.69, 9.17) is 0 Å². The molecular weight excluding hydrogens is 312 g/mol. The van der Waals surface area contributed by atoms with E-state index in [2.05, 4.69) is 48.3 Å². The highest BCUT2D eigenvalue weighted by atomic mass is 16.1. The molecule has 1 amide bonds. The maximum absolute atomic E-state index is 12.4. The van der Waals surface area contributed by atoms with E-state index in [9.17, 15) is 4.79 Å². The summed E-state index contributed by atoms with van der Waals surface area (Å²) in [5.74, 6) is 2.08. The molecule has 0 radical (unpaired) electrons. The molecule has 134 valence electrons. The van der Waals surface area contributed by atoms with Gasteiger partial charge < -0.3 is 10.6 Å². The van der Waals surface area contributed by atoms with Crippen LogP contribution < -0.4 is 10.6 Å². The number of amides is 1. The zero-order valence-electron chi connectivity index (χ0n) is 15.5. The predicted octanol–water partition coefficient (Wildman–Crippen LogP) is 3.99. The third-order valence-corrected chi connectivity index (χ3v) is 3.69. The number of carbonyl (C=O) groups excluding carboxylic acids is 1.